The Kier molecular flexibility index (Phi) is 6.62. The van der Waals surface area contributed by atoms with Crippen LogP contribution in [0.5, 0.6) is 0 Å². The van der Waals surface area contributed by atoms with Crippen molar-refractivity contribution >= 4 is 18.3 Å². The van der Waals surface area contributed by atoms with Gasteiger partial charge in [-0.25, -0.2) is 4.39 Å². The molecule has 0 saturated carbocycles. The highest BCUT2D eigenvalue weighted by atomic mass is 35.5. The number of benzene rings is 1. The molecule has 0 radical (unpaired) electrons. The van der Waals surface area contributed by atoms with Crippen molar-refractivity contribution in [2.24, 2.45) is 17.6 Å². The number of hydrogen-bond donors (Lipinski definition) is 1. The summed E-state index contributed by atoms with van der Waals surface area (Å²) in [5.74, 6) is 0.0682. The van der Waals surface area contributed by atoms with Gasteiger partial charge in [-0.05, 0) is 43.9 Å². The molecule has 1 aromatic rings. The molecule has 1 aliphatic heterocycles. The van der Waals surface area contributed by atoms with Crippen molar-refractivity contribution < 1.29 is 9.18 Å². The van der Waals surface area contributed by atoms with Crippen LogP contribution in [0.4, 0.5) is 4.39 Å². The minimum absolute atomic E-state index is 0. The van der Waals surface area contributed by atoms with E-state index in [-0.39, 0.29) is 36.1 Å². The number of hydrogen-bond acceptors (Lipinski definition) is 2. The highest BCUT2D eigenvalue weighted by Gasteiger charge is 2.33. The lowest BCUT2D eigenvalue weighted by atomic mass is 9.99. The van der Waals surface area contributed by atoms with Crippen LogP contribution in [0.1, 0.15) is 25.8 Å². The molecule has 3 unspecified atom stereocenters. The topological polar surface area (TPSA) is 46.3 Å². The van der Waals surface area contributed by atoms with Crippen molar-refractivity contribution in [2.45, 2.75) is 32.7 Å². The van der Waals surface area contributed by atoms with Gasteiger partial charge >= 0.3 is 0 Å². The number of carbonyl (C=O) groups is 1. The molecule has 2 N–H and O–H groups in total. The van der Waals surface area contributed by atoms with Gasteiger partial charge in [-0.3, -0.25) is 4.79 Å². The molecule has 1 aromatic carbocycles. The lowest BCUT2D eigenvalue weighted by Gasteiger charge is -2.25. The van der Waals surface area contributed by atoms with E-state index in [0.717, 1.165) is 13.0 Å². The molecule has 5 heteroatoms. The van der Waals surface area contributed by atoms with E-state index in [1.165, 1.54) is 6.07 Å². The Morgan fingerprint density at radius 3 is 2.71 bits per heavy atom. The molecule has 21 heavy (non-hydrogen) atoms. The third kappa shape index (κ3) is 4.17. The first-order chi connectivity index (χ1) is 9.52. The Morgan fingerprint density at radius 2 is 2.14 bits per heavy atom. The molecule has 3 atom stereocenters. The molecule has 1 heterocycles. The van der Waals surface area contributed by atoms with Gasteiger partial charge in [0.25, 0.3) is 0 Å². The van der Waals surface area contributed by atoms with E-state index < -0.39 is 0 Å². The predicted molar refractivity (Wildman–Crippen MR) is 84.9 cm³/mol. The van der Waals surface area contributed by atoms with Crippen molar-refractivity contribution in [3.05, 3.63) is 35.6 Å². The Balaban J connectivity index is 0.00000220. The molecule has 1 saturated heterocycles. The van der Waals surface area contributed by atoms with Crippen molar-refractivity contribution in [2.75, 3.05) is 13.1 Å². The Bertz CT molecular complexity index is 483. The molecular formula is C16H24ClFN2O. The number of likely N-dealkylation sites (tertiary alicyclic amines) is 1. The summed E-state index contributed by atoms with van der Waals surface area (Å²) < 4.78 is 13.6. The van der Waals surface area contributed by atoms with Gasteiger partial charge in [0.15, 0.2) is 0 Å². The molecule has 0 aliphatic carbocycles. The average molecular weight is 315 g/mol. The van der Waals surface area contributed by atoms with E-state index >= 15 is 0 Å². The lowest BCUT2D eigenvalue weighted by Crippen LogP contribution is -2.38. The molecule has 0 bridgehead atoms. The fourth-order valence-corrected chi connectivity index (χ4v) is 2.98. The summed E-state index contributed by atoms with van der Waals surface area (Å²) in [5, 5.41) is 0. The zero-order valence-corrected chi connectivity index (χ0v) is 13.4. The number of nitrogens with zero attached hydrogens (tertiary/aromatic N) is 1. The average Bonchev–Trinajstić information content (AvgIpc) is 2.81. The van der Waals surface area contributed by atoms with Crippen LogP contribution in [0.15, 0.2) is 24.3 Å². The number of rotatable bonds is 4. The summed E-state index contributed by atoms with van der Waals surface area (Å²) in [7, 11) is 0. The van der Waals surface area contributed by atoms with E-state index in [0.29, 0.717) is 24.4 Å². The zero-order valence-electron chi connectivity index (χ0n) is 12.6. The third-order valence-corrected chi connectivity index (χ3v) is 4.18. The molecule has 1 fully saturated rings. The van der Waals surface area contributed by atoms with Gasteiger partial charge < -0.3 is 10.6 Å². The largest absolute Gasteiger partial charge is 0.339 e. The molecule has 1 amide bonds. The van der Waals surface area contributed by atoms with Crippen LogP contribution in [-0.2, 0) is 11.2 Å². The molecule has 0 aromatic heterocycles. The van der Waals surface area contributed by atoms with Crippen LogP contribution >= 0.6 is 12.4 Å². The van der Waals surface area contributed by atoms with E-state index in [9.17, 15) is 9.18 Å². The second kappa shape index (κ2) is 7.76. The van der Waals surface area contributed by atoms with Crippen molar-refractivity contribution in [1.82, 2.24) is 4.90 Å². The maximum Gasteiger partial charge on any atom is 0.225 e. The highest BCUT2D eigenvalue weighted by molar-refractivity contribution is 5.85. The molecule has 1 aliphatic rings. The quantitative estimate of drug-likeness (QED) is 0.928. The second-order valence-electron chi connectivity index (χ2n) is 5.87. The second-order valence-corrected chi connectivity index (χ2v) is 5.87. The first-order valence-corrected chi connectivity index (χ1v) is 7.26. The third-order valence-electron chi connectivity index (χ3n) is 4.18. The van der Waals surface area contributed by atoms with E-state index in [1.807, 2.05) is 11.8 Å². The van der Waals surface area contributed by atoms with Crippen LogP contribution in [0, 0.1) is 17.7 Å². The van der Waals surface area contributed by atoms with Gasteiger partial charge in [0.05, 0.1) is 0 Å². The van der Waals surface area contributed by atoms with Crippen LogP contribution in [0.3, 0.4) is 0 Å². The number of carbonyl (C=O) groups excluding carboxylic acids is 1. The minimum atomic E-state index is -0.235. The van der Waals surface area contributed by atoms with Gasteiger partial charge in [0, 0.05) is 18.5 Å². The van der Waals surface area contributed by atoms with Crippen LogP contribution < -0.4 is 5.73 Å². The maximum absolute atomic E-state index is 13.6. The summed E-state index contributed by atoms with van der Waals surface area (Å²) in [5.41, 5.74) is 6.30. The Hall–Kier alpha value is -1.13. The van der Waals surface area contributed by atoms with E-state index in [4.69, 9.17) is 5.73 Å². The lowest BCUT2D eigenvalue weighted by molar-refractivity contribution is -0.135. The molecule has 3 nitrogen and oxygen atoms in total. The summed E-state index contributed by atoms with van der Waals surface area (Å²) in [4.78, 5) is 14.4. The number of amides is 1. The van der Waals surface area contributed by atoms with Gasteiger partial charge in [-0.15, -0.1) is 12.4 Å². The number of halogens is 2. The number of nitrogens with two attached hydrogens (primary N) is 1. The van der Waals surface area contributed by atoms with E-state index in [1.54, 1.807) is 18.2 Å². The Morgan fingerprint density at radius 1 is 1.48 bits per heavy atom. The Labute approximate surface area is 132 Å². The fraction of sp³-hybridized carbons (Fsp3) is 0.562. The van der Waals surface area contributed by atoms with Gasteiger partial charge in [-0.2, -0.15) is 0 Å². The normalized spacial score (nSPS) is 22.8. The van der Waals surface area contributed by atoms with Gasteiger partial charge in [0.1, 0.15) is 5.82 Å². The monoisotopic (exact) mass is 314 g/mol. The summed E-state index contributed by atoms with van der Waals surface area (Å²) in [6, 6.07) is 6.89. The molecule has 118 valence electrons. The van der Waals surface area contributed by atoms with Crippen LogP contribution in [-0.4, -0.2) is 29.9 Å². The molecule has 0 spiro atoms. The zero-order chi connectivity index (χ0) is 14.7. The van der Waals surface area contributed by atoms with Gasteiger partial charge in [-0.1, -0.05) is 25.1 Å². The van der Waals surface area contributed by atoms with Crippen LogP contribution in [0.25, 0.3) is 0 Å². The SMILES string of the molecule is CC(Cc1ccccc1F)C(=O)N1CC(CN)CC1C.Cl. The summed E-state index contributed by atoms with van der Waals surface area (Å²) >= 11 is 0. The van der Waals surface area contributed by atoms with Crippen molar-refractivity contribution in [1.29, 1.82) is 0 Å². The fourth-order valence-electron chi connectivity index (χ4n) is 2.98. The van der Waals surface area contributed by atoms with Gasteiger partial charge in [0.2, 0.25) is 5.91 Å². The van der Waals surface area contributed by atoms with E-state index in [2.05, 4.69) is 6.92 Å². The smallest absolute Gasteiger partial charge is 0.225 e. The summed E-state index contributed by atoms with van der Waals surface area (Å²) in [6.07, 6.45) is 1.41. The minimum Gasteiger partial charge on any atom is -0.339 e. The first kappa shape index (κ1) is 17.9. The molecule has 2 rings (SSSR count). The molecular weight excluding hydrogens is 291 g/mol. The van der Waals surface area contributed by atoms with Crippen molar-refractivity contribution in [3.63, 3.8) is 0 Å². The van der Waals surface area contributed by atoms with Crippen LogP contribution in [0.2, 0.25) is 0 Å². The first-order valence-electron chi connectivity index (χ1n) is 7.26. The standard InChI is InChI=1S/C16H23FN2O.ClH/c1-11(7-14-5-3-4-6-15(14)17)16(20)19-10-13(9-18)8-12(19)2;/h3-6,11-13H,7-10,18H2,1-2H3;1H. The highest BCUT2D eigenvalue weighted by Crippen LogP contribution is 2.25. The van der Waals surface area contributed by atoms with Crippen molar-refractivity contribution in [3.8, 4) is 0 Å². The maximum atomic E-state index is 13.6. The predicted octanol–water partition coefficient (Wildman–Crippen LogP) is 2.62. The summed E-state index contributed by atoms with van der Waals surface area (Å²) in [6.45, 7) is 5.29.